The predicted octanol–water partition coefficient (Wildman–Crippen LogP) is 3.04. The summed E-state index contributed by atoms with van der Waals surface area (Å²) < 4.78 is 5.46. The maximum atomic E-state index is 9.06. The first-order valence-electron chi connectivity index (χ1n) is 6.51. The molecule has 0 atom stereocenters. The van der Waals surface area contributed by atoms with Gasteiger partial charge in [0, 0.05) is 17.6 Å². The van der Waals surface area contributed by atoms with E-state index in [1.54, 1.807) is 0 Å². The topological polar surface area (TPSA) is 57.4 Å². The Morgan fingerprint density at radius 2 is 1.85 bits per heavy atom. The minimum Gasteiger partial charge on any atom is -0.459 e. The zero-order valence-corrected chi connectivity index (χ0v) is 11.0. The van der Waals surface area contributed by atoms with Crippen molar-refractivity contribution in [3.63, 3.8) is 0 Å². The smallest absolute Gasteiger partial charge is 0.134 e. The minimum atomic E-state index is -0.0716. The zero-order chi connectivity index (χ0) is 13.8. The monoisotopic (exact) mass is 268 g/mol. The van der Waals surface area contributed by atoms with Crippen molar-refractivity contribution in [2.45, 2.75) is 13.2 Å². The molecule has 0 bridgehead atoms. The molecule has 20 heavy (non-hydrogen) atoms. The van der Waals surface area contributed by atoms with Crippen LogP contribution in [0.3, 0.4) is 0 Å². The SMILES string of the molecule is OCc1cc2cc(CNNc3ccccc3)ccc2o1. The highest BCUT2D eigenvalue weighted by atomic mass is 16.4. The highest BCUT2D eigenvalue weighted by Gasteiger charge is 2.03. The molecular formula is C16H16N2O2. The third-order valence-electron chi connectivity index (χ3n) is 3.09. The number of aliphatic hydroxyl groups is 1. The Hall–Kier alpha value is -2.30. The molecule has 3 N–H and O–H groups in total. The molecule has 0 aliphatic heterocycles. The van der Waals surface area contributed by atoms with Crippen LogP contribution in [-0.4, -0.2) is 5.11 Å². The summed E-state index contributed by atoms with van der Waals surface area (Å²) in [7, 11) is 0. The van der Waals surface area contributed by atoms with Crippen molar-refractivity contribution in [3.8, 4) is 0 Å². The average Bonchev–Trinajstić information content (AvgIpc) is 2.91. The van der Waals surface area contributed by atoms with Crippen LogP contribution in [0.15, 0.2) is 59.0 Å². The summed E-state index contributed by atoms with van der Waals surface area (Å²) in [6, 6.07) is 17.8. The second-order valence-electron chi connectivity index (χ2n) is 4.59. The van der Waals surface area contributed by atoms with Crippen molar-refractivity contribution in [2.75, 3.05) is 5.43 Å². The normalized spacial score (nSPS) is 10.8. The Kier molecular flexibility index (Phi) is 3.67. The fourth-order valence-electron chi connectivity index (χ4n) is 2.11. The molecule has 4 heteroatoms. The van der Waals surface area contributed by atoms with Crippen LogP contribution in [-0.2, 0) is 13.2 Å². The van der Waals surface area contributed by atoms with Gasteiger partial charge >= 0.3 is 0 Å². The van der Waals surface area contributed by atoms with Gasteiger partial charge in [-0.2, -0.15) is 0 Å². The van der Waals surface area contributed by atoms with Gasteiger partial charge < -0.3 is 14.9 Å². The second kappa shape index (κ2) is 5.77. The van der Waals surface area contributed by atoms with Gasteiger partial charge in [-0.05, 0) is 35.9 Å². The van der Waals surface area contributed by atoms with Gasteiger partial charge in [-0.15, -0.1) is 0 Å². The standard InChI is InChI=1S/C16H16N2O2/c19-11-15-9-13-8-12(6-7-16(13)20-15)10-17-18-14-4-2-1-3-5-14/h1-9,17-19H,10-11H2. The average molecular weight is 268 g/mol. The molecular weight excluding hydrogens is 252 g/mol. The van der Waals surface area contributed by atoms with Crippen molar-refractivity contribution >= 4 is 16.7 Å². The maximum Gasteiger partial charge on any atom is 0.134 e. The Labute approximate surface area is 117 Å². The Morgan fingerprint density at radius 1 is 1.00 bits per heavy atom. The van der Waals surface area contributed by atoms with Crippen LogP contribution in [0.1, 0.15) is 11.3 Å². The lowest BCUT2D eigenvalue weighted by Crippen LogP contribution is -2.20. The van der Waals surface area contributed by atoms with E-state index in [1.165, 1.54) is 0 Å². The first kappa shape index (κ1) is 12.7. The fraction of sp³-hybridized carbons (Fsp3) is 0.125. The van der Waals surface area contributed by atoms with Crippen molar-refractivity contribution in [1.29, 1.82) is 0 Å². The largest absolute Gasteiger partial charge is 0.459 e. The number of hydrogen-bond acceptors (Lipinski definition) is 4. The first-order chi connectivity index (χ1) is 9.85. The molecule has 3 rings (SSSR count). The zero-order valence-electron chi connectivity index (χ0n) is 11.0. The van der Waals surface area contributed by atoms with Crippen LogP contribution in [0, 0.1) is 0 Å². The van der Waals surface area contributed by atoms with E-state index in [1.807, 2.05) is 48.5 Å². The molecule has 0 saturated heterocycles. The predicted molar refractivity (Wildman–Crippen MR) is 79.0 cm³/mol. The number of para-hydroxylation sites is 1. The van der Waals surface area contributed by atoms with Gasteiger partial charge in [0.25, 0.3) is 0 Å². The number of hydrogen-bond donors (Lipinski definition) is 3. The number of fused-ring (bicyclic) bond motifs is 1. The van der Waals surface area contributed by atoms with Crippen molar-refractivity contribution in [1.82, 2.24) is 5.43 Å². The van der Waals surface area contributed by atoms with Gasteiger partial charge in [0.05, 0.1) is 0 Å². The Balaban J connectivity index is 1.65. The number of anilines is 1. The molecule has 2 aromatic carbocycles. The summed E-state index contributed by atoms with van der Waals surface area (Å²) in [4.78, 5) is 0. The minimum absolute atomic E-state index is 0.0716. The van der Waals surface area contributed by atoms with Gasteiger partial charge in [-0.3, -0.25) is 0 Å². The van der Waals surface area contributed by atoms with Gasteiger partial charge in [0.15, 0.2) is 0 Å². The second-order valence-corrected chi connectivity index (χ2v) is 4.59. The molecule has 0 spiro atoms. The van der Waals surface area contributed by atoms with Gasteiger partial charge in [0.2, 0.25) is 0 Å². The molecule has 1 aromatic heterocycles. The third kappa shape index (κ3) is 2.82. The summed E-state index contributed by atoms with van der Waals surface area (Å²) in [6.07, 6.45) is 0. The fourth-order valence-corrected chi connectivity index (χ4v) is 2.11. The third-order valence-corrected chi connectivity index (χ3v) is 3.09. The van der Waals surface area contributed by atoms with E-state index in [-0.39, 0.29) is 6.61 Å². The van der Waals surface area contributed by atoms with Crippen LogP contribution in [0.25, 0.3) is 11.0 Å². The van der Waals surface area contributed by atoms with Crippen LogP contribution in [0.2, 0.25) is 0 Å². The highest BCUT2D eigenvalue weighted by Crippen LogP contribution is 2.20. The molecule has 3 aromatic rings. The van der Waals surface area contributed by atoms with Gasteiger partial charge in [0.1, 0.15) is 18.0 Å². The van der Waals surface area contributed by atoms with Gasteiger partial charge in [-0.1, -0.05) is 24.3 Å². The lowest BCUT2D eigenvalue weighted by atomic mass is 10.1. The summed E-state index contributed by atoms with van der Waals surface area (Å²) in [6.45, 7) is 0.627. The Morgan fingerprint density at radius 3 is 2.65 bits per heavy atom. The molecule has 0 aliphatic rings. The van der Waals surface area contributed by atoms with Crippen LogP contribution in [0.4, 0.5) is 5.69 Å². The van der Waals surface area contributed by atoms with E-state index < -0.39 is 0 Å². The van der Waals surface area contributed by atoms with Crippen molar-refractivity contribution in [2.24, 2.45) is 0 Å². The molecule has 102 valence electrons. The van der Waals surface area contributed by atoms with Crippen LogP contribution < -0.4 is 10.9 Å². The van der Waals surface area contributed by atoms with Crippen LogP contribution in [0.5, 0.6) is 0 Å². The molecule has 1 heterocycles. The maximum absolute atomic E-state index is 9.06. The lowest BCUT2D eigenvalue weighted by molar-refractivity contribution is 0.251. The molecule has 4 nitrogen and oxygen atoms in total. The van der Waals surface area contributed by atoms with E-state index in [2.05, 4.69) is 16.9 Å². The molecule has 0 amide bonds. The summed E-state index contributed by atoms with van der Waals surface area (Å²) in [5, 5.41) is 10.1. The van der Waals surface area contributed by atoms with E-state index >= 15 is 0 Å². The van der Waals surface area contributed by atoms with E-state index in [0.29, 0.717) is 12.3 Å². The molecule has 0 aliphatic carbocycles. The number of rotatable bonds is 5. The van der Waals surface area contributed by atoms with E-state index in [4.69, 9.17) is 9.52 Å². The number of hydrazine groups is 1. The number of nitrogens with one attached hydrogen (secondary N) is 2. The first-order valence-corrected chi connectivity index (χ1v) is 6.51. The summed E-state index contributed by atoms with van der Waals surface area (Å²) >= 11 is 0. The quantitative estimate of drug-likeness (QED) is 0.622. The molecule has 0 unspecified atom stereocenters. The molecule has 0 fully saturated rings. The molecule has 0 radical (unpaired) electrons. The van der Waals surface area contributed by atoms with Crippen molar-refractivity contribution in [3.05, 3.63) is 65.9 Å². The van der Waals surface area contributed by atoms with Gasteiger partial charge in [-0.25, -0.2) is 5.43 Å². The number of aliphatic hydroxyl groups excluding tert-OH is 1. The van der Waals surface area contributed by atoms with E-state index in [9.17, 15) is 0 Å². The Bertz CT molecular complexity index is 692. The molecule has 0 saturated carbocycles. The summed E-state index contributed by atoms with van der Waals surface area (Å²) in [5.41, 5.74) is 9.29. The van der Waals surface area contributed by atoms with Crippen molar-refractivity contribution < 1.29 is 9.52 Å². The van der Waals surface area contributed by atoms with Crippen LogP contribution >= 0.6 is 0 Å². The number of furan rings is 1. The lowest BCUT2D eigenvalue weighted by Gasteiger charge is -2.08. The number of benzene rings is 2. The van der Waals surface area contributed by atoms with E-state index in [0.717, 1.165) is 22.2 Å². The summed E-state index contributed by atoms with van der Waals surface area (Å²) in [5.74, 6) is 0.590. The highest BCUT2D eigenvalue weighted by molar-refractivity contribution is 5.78.